The summed E-state index contributed by atoms with van der Waals surface area (Å²) in [5.41, 5.74) is 4.53. The van der Waals surface area contributed by atoms with Crippen LogP contribution in [-0.2, 0) is 17.6 Å². The first kappa shape index (κ1) is 22.6. The maximum Gasteiger partial charge on any atom is 0.270 e. The van der Waals surface area contributed by atoms with Gasteiger partial charge in [-0.05, 0) is 30.0 Å². The molecule has 0 spiro atoms. The zero-order valence-electron chi connectivity index (χ0n) is 19.0. The number of carbonyl (C=O) groups excluding carboxylic acids is 1. The van der Waals surface area contributed by atoms with Crippen molar-refractivity contribution < 1.29 is 4.79 Å². The van der Waals surface area contributed by atoms with E-state index in [1.807, 2.05) is 90.7 Å². The minimum Gasteiger partial charge on any atom is -0.332 e. The number of nitrogens with zero attached hydrogens (tertiary/aromatic N) is 3. The van der Waals surface area contributed by atoms with Crippen LogP contribution in [0.2, 0.25) is 0 Å². The van der Waals surface area contributed by atoms with Crippen LogP contribution in [0.3, 0.4) is 0 Å². The molecule has 1 N–H and O–H groups in total. The number of nitrogens with one attached hydrogen (secondary N) is 1. The van der Waals surface area contributed by atoms with E-state index in [1.54, 1.807) is 0 Å². The summed E-state index contributed by atoms with van der Waals surface area (Å²) in [6.45, 7) is 4.13. The predicted molar refractivity (Wildman–Crippen MR) is 135 cm³/mol. The number of carbonyl (C=O) groups is 1. The van der Waals surface area contributed by atoms with E-state index >= 15 is 0 Å². The van der Waals surface area contributed by atoms with Crippen LogP contribution in [0.4, 0.5) is 0 Å². The SMILES string of the molecule is C/C(=N\N=C(/Cc1ccccc1)C(=O)N1CCNCC1Cc1ccccc1)c1ccccc1. The highest BCUT2D eigenvalue weighted by Crippen LogP contribution is 2.14. The van der Waals surface area contributed by atoms with Crippen molar-refractivity contribution in [1.82, 2.24) is 10.2 Å². The van der Waals surface area contributed by atoms with Crippen molar-refractivity contribution in [2.45, 2.75) is 25.8 Å². The molecule has 0 radical (unpaired) electrons. The first-order chi connectivity index (χ1) is 16.2. The normalized spacial score (nSPS) is 17.1. The summed E-state index contributed by atoms with van der Waals surface area (Å²) in [6, 6.07) is 30.3. The van der Waals surface area contributed by atoms with Crippen molar-refractivity contribution in [3.05, 3.63) is 108 Å². The molecular weight excluding hydrogens is 408 g/mol. The third-order valence-corrected chi connectivity index (χ3v) is 5.90. The molecule has 5 heteroatoms. The van der Waals surface area contributed by atoms with E-state index < -0.39 is 0 Å². The largest absolute Gasteiger partial charge is 0.332 e. The van der Waals surface area contributed by atoms with E-state index in [0.29, 0.717) is 18.7 Å². The predicted octanol–water partition coefficient (Wildman–Crippen LogP) is 4.14. The van der Waals surface area contributed by atoms with E-state index in [-0.39, 0.29) is 11.9 Å². The number of amides is 1. The van der Waals surface area contributed by atoms with Crippen molar-refractivity contribution in [1.29, 1.82) is 0 Å². The minimum absolute atomic E-state index is 0.0362. The van der Waals surface area contributed by atoms with Gasteiger partial charge in [0.15, 0.2) is 0 Å². The molecule has 0 aromatic heterocycles. The second-order valence-corrected chi connectivity index (χ2v) is 8.31. The number of rotatable bonds is 7. The van der Waals surface area contributed by atoms with Gasteiger partial charge in [-0.3, -0.25) is 4.79 Å². The Balaban J connectivity index is 1.61. The molecule has 3 aromatic rings. The van der Waals surface area contributed by atoms with Gasteiger partial charge in [-0.2, -0.15) is 5.10 Å². The molecule has 1 amide bonds. The van der Waals surface area contributed by atoms with E-state index in [4.69, 9.17) is 0 Å². The van der Waals surface area contributed by atoms with Crippen LogP contribution in [0.1, 0.15) is 23.6 Å². The Labute approximate surface area is 195 Å². The van der Waals surface area contributed by atoms with Crippen LogP contribution in [0.5, 0.6) is 0 Å². The highest BCUT2D eigenvalue weighted by Gasteiger charge is 2.29. The molecule has 1 aliphatic rings. The van der Waals surface area contributed by atoms with Gasteiger partial charge in [-0.1, -0.05) is 91.0 Å². The molecule has 0 aliphatic carbocycles. The van der Waals surface area contributed by atoms with Crippen LogP contribution in [0, 0.1) is 0 Å². The van der Waals surface area contributed by atoms with Gasteiger partial charge in [0.05, 0.1) is 5.71 Å². The van der Waals surface area contributed by atoms with E-state index in [0.717, 1.165) is 36.3 Å². The van der Waals surface area contributed by atoms with Gasteiger partial charge in [0, 0.05) is 32.1 Å². The molecule has 168 valence electrons. The topological polar surface area (TPSA) is 57.1 Å². The van der Waals surface area contributed by atoms with Gasteiger partial charge in [-0.25, -0.2) is 0 Å². The number of piperazine rings is 1. The van der Waals surface area contributed by atoms with E-state index in [9.17, 15) is 4.79 Å². The van der Waals surface area contributed by atoms with Crippen molar-refractivity contribution in [3.63, 3.8) is 0 Å². The van der Waals surface area contributed by atoms with Crippen molar-refractivity contribution >= 4 is 17.3 Å². The molecule has 1 unspecified atom stereocenters. The maximum absolute atomic E-state index is 13.8. The Morgan fingerprint density at radius 3 is 2.15 bits per heavy atom. The number of hydrogen-bond acceptors (Lipinski definition) is 4. The Hall–Kier alpha value is -3.57. The van der Waals surface area contributed by atoms with Crippen LogP contribution in [0.15, 0.2) is 101 Å². The fraction of sp³-hybridized carbons (Fsp3) is 0.250. The Bertz CT molecular complexity index is 1090. The quantitative estimate of drug-likeness (QED) is 0.445. The molecule has 1 atom stereocenters. The van der Waals surface area contributed by atoms with Crippen molar-refractivity contribution in [3.8, 4) is 0 Å². The fourth-order valence-corrected chi connectivity index (χ4v) is 4.08. The average Bonchev–Trinajstić information content (AvgIpc) is 2.88. The van der Waals surface area contributed by atoms with Crippen LogP contribution < -0.4 is 5.32 Å². The molecule has 5 nitrogen and oxygen atoms in total. The number of hydrogen-bond donors (Lipinski definition) is 1. The maximum atomic E-state index is 13.8. The summed E-state index contributed by atoms with van der Waals surface area (Å²) in [4.78, 5) is 15.7. The molecule has 4 rings (SSSR count). The van der Waals surface area contributed by atoms with Gasteiger partial charge in [0.25, 0.3) is 5.91 Å². The van der Waals surface area contributed by atoms with Crippen LogP contribution in [0.25, 0.3) is 0 Å². The van der Waals surface area contributed by atoms with Gasteiger partial charge >= 0.3 is 0 Å². The molecule has 3 aromatic carbocycles. The van der Waals surface area contributed by atoms with Gasteiger partial charge in [0.1, 0.15) is 5.71 Å². The third-order valence-electron chi connectivity index (χ3n) is 5.90. The van der Waals surface area contributed by atoms with Crippen molar-refractivity contribution in [2.75, 3.05) is 19.6 Å². The lowest BCUT2D eigenvalue weighted by molar-refractivity contribution is -0.127. The summed E-state index contributed by atoms with van der Waals surface area (Å²) < 4.78 is 0. The van der Waals surface area contributed by atoms with Crippen molar-refractivity contribution in [2.24, 2.45) is 10.2 Å². The zero-order chi connectivity index (χ0) is 22.9. The Morgan fingerprint density at radius 2 is 1.48 bits per heavy atom. The molecule has 0 saturated carbocycles. The lowest BCUT2D eigenvalue weighted by atomic mass is 10.0. The van der Waals surface area contributed by atoms with E-state index in [1.165, 1.54) is 5.56 Å². The molecule has 33 heavy (non-hydrogen) atoms. The third kappa shape index (κ3) is 6.24. The first-order valence-electron chi connectivity index (χ1n) is 11.5. The Kier molecular flexibility index (Phi) is 7.77. The molecule has 0 bridgehead atoms. The second-order valence-electron chi connectivity index (χ2n) is 8.31. The summed E-state index contributed by atoms with van der Waals surface area (Å²) in [7, 11) is 0. The zero-order valence-corrected chi connectivity index (χ0v) is 19.0. The smallest absolute Gasteiger partial charge is 0.270 e. The lowest BCUT2D eigenvalue weighted by Gasteiger charge is -2.36. The van der Waals surface area contributed by atoms with E-state index in [2.05, 4.69) is 27.7 Å². The second kappa shape index (κ2) is 11.3. The average molecular weight is 439 g/mol. The minimum atomic E-state index is -0.0362. The fourth-order valence-electron chi connectivity index (χ4n) is 4.08. The summed E-state index contributed by atoms with van der Waals surface area (Å²) in [5, 5.41) is 12.4. The monoisotopic (exact) mass is 438 g/mol. The molecule has 1 heterocycles. The molecule has 1 fully saturated rings. The molecule has 1 aliphatic heterocycles. The van der Waals surface area contributed by atoms with Gasteiger partial charge < -0.3 is 10.2 Å². The molecule has 1 saturated heterocycles. The lowest BCUT2D eigenvalue weighted by Crippen LogP contribution is -2.56. The summed E-state index contributed by atoms with van der Waals surface area (Å²) >= 11 is 0. The highest BCUT2D eigenvalue weighted by molar-refractivity contribution is 6.39. The molecular formula is C28H30N4O. The standard InChI is InChI=1S/C28H30N4O/c1-22(25-15-9-4-10-16-25)30-31-27(20-24-13-7-3-8-14-24)28(33)32-18-17-29-21-26(32)19-23-11-5-2-6-12-23/h2-16,26,29H,17-21H2,1H3/b30-22+,31-27+. The number of benzene rings is 3. The van der Waals surface area contributed by atoms with Gasteiger partial charge in [-0.15, -0.1) is 5.10 Å². The highest BCUT2D eigenvalue weighted by atomic mass is 16.2. The first-order valence-corrected chi connectivity index (χ1v) is 11.5. The van der Waals surface area contributed by atoms with Crippen LogP contribution in [-0.4, -0.2) is 47.9 Å². The van der Waals surface area contributed by atoms with Crippen LogP contribution >= 0.6 is 0 Å². The Morgan fingerprint density at radius 1 is 0.879 bits per heavy atom. The summed E-state index contributed by atoms with van der Waals surface area (Å²) in [5.74, 6) is -0.0362. The summed E-state index contributed by atoms with van der Waals surface area (Å²) in [6.07, 6.45) is 1.26. The van der Waals surface area contributed by atoms with Gasteiger partial charge in [0.2, 0.25) is 0 Å².